The standard InChI is InChI=1S/C24H21ClN4O6S2/c1-3-37(31,32)35-21-12-18(17-6-4-5-7-20(17)33-2)19(13-26-21)22(30)27-23-28-29-24(36-23)34-14-15-8-10-16(25)11-9-15/h4-13H,3,14H2,1-2H3,(H,27,28,30). The molecule has 2 aromatic heterocycles. The molecule has 13 heteroatoms. The van der Waals surface area contributed by atoms with Crippen LogP contribution in [0.2, 0.25) is 5.02 Å². The number of halogens is 1. The number of nitrogens with one attached hydrogen (secondary N) is 1. The van der Waals surface area contributed by atoms with E-state index in [9.17, 15) is 13.2 Å². The Morgan fingerprint density at radius 2 is 1.84 bits per heavy atom. The number of pyridine rings is 1. The molecule has 0 radical (unpaired) electrons. The number of anilines is 1. The Kier molecular flexibility index (Phi) is 8.21. The van der Waals surface area contributed by atoms with Crippen LogP contribution in [0.25, 0.3) is 11.1 Å². The Bertz CT molecular complexity index is 1510. The summed E-state index contributed by atoms with van der Waals surface area (Å²) < 4.78 is 40.1. The molecular formula is C24H21ClN4O6S2. The molecule has 0 saturated heterocycles. The summed E-state index contributed by atoms with van der Waals surface area (Å²) in [4.78, 5) is 17.2. The number of carbonyl (C=O) groups is 1. The number of hydrogen-bond donors (Lipinski definition) is 1. The Morgan fingerprint density at radius 1 is 1.08 bits per heavy atom. The third-order valence-corrected chi connectivity index (χ3v) is 7.12. The summed E-state index contributed by atoms with van der Waals surface area (Å²) >= 11 is 6.95. The van der Waals surface area contributed by atoms with Gasteiger partial charge >= 0.3 is 10.1 Å². The van der Waals surface area contributed by atoms with E-state index in [1.165, 1.54) is 26.3 Å². The first-order valence-corrected chi connectivity index (χ1v) is 13.6. The van der Waals surface area contributed by atoms with E-state index < -0.39 is 16.0 Å². The lowest BCUT2D eigenvalue weighted by molar-refractivity contribution is 0.102. The van der Waals surface area contributed by atoms with Gasteiger partial charge in [-0.3, -0.25) is 10.1 Å². The van der Waals surface area contributed by atoms with Crippen molar-refractivity contribution in [2.75, 3.05) is 18.2 Å². The van der Waals surface area contributed by atoms with Gasteiger partial charge in [-0.05, 0) is 42.0 Å². The van der Waals surface area contributed by atoms with E-state index in [0.717, 1.165) is 16.9 Å². The Morgan fingerprint density at radius 3 is 2.57 bits per heavy atom. The number of amides is 1. The molecule has 1 N–H and O–H groups in total. The smallest absolute Gasteiger partial charge is 0.310 e. The van der Waals surface area contributed by atoms with Crippen molar-refractivity contribution in [3.63, 3.8) is 0 Å². The quantitative estimate of drug-likeness (QED) is 0.271. The van der Waals surface area contributed by atoms with Crippen LogP contribution < -0.4 is 19.0 Å². The van der Waals surface area contributed by atoms with Crippen LogP contribution in [0.4, 0.5) is 5.13 Å². The zero-order chi connectivity index (χ0) is 26.4. The SMILES string of the molecule is CCS(=O)(=O)Oc1cc(-c2ccccc2OC)c(C(=O)Nc2nnc(OCc3ccc(Cl)cc3)s2)cn1. The van der Waals surface area contributed by atoms with E-state index in [-0.39, 0.29) is 34.1 Å². The highest BCUT2D eigenvalue weighted by atomic mass is 35.5. The summed E-state index contributed by atoms with van der Waals surface area (Å²) in [6, 6.07) is 15.5. The minimum Gasteiger partial charge on any atom is -0.496 e. The van der Waals surface area contributed by atoms with E-state index >= 15 is 0 Å². The first-order valence-electron chi connectivity index (χ1n) is 10.9. The molecule has 0 spiro atoms. The van der Waals surface area contributed by atoms with Gasteiger partial charge in [0.15, 0.2) is 0 Å². The van der Waals surface area contributed by atoms with Gasteiger partial charge in [-0.1, -0.05) is 47.0 Å². The van der Waals surface area contributed by atoms with E-state index in [0.29, 0.717) is 21.9 Å². The van der Waals surface area contributed by atoms with Crippen LogP contribution >= 0.6 is 22.9 Å². The second-order valence-corrected chi connectivity index (χ2v) is 10.7. The highest BCUT2D eigenvalue weighted by Gasteiger charge is 2.21. The van der Waals surface area contributed by atoms with Crippen LogP contribution in [0.3, 0.4) is 0 Å². The molecule has 2 aromatic carbocycles. The topological polar surface area (TPSA) is 130 Å². The third-order valence-electron chi connectivity index (χ3n) is 4.99. The number of ether oxygens (including phenoxy) is 2. The number of methoxy groups -OCH3 is 1. The first-order chi connectivity index (χ1) is 17.8. The van der Waals surface area contributed by atoms with Crippen LogP contribution in [-0.4, -0.2) is 42.4 Å². The lowest BCUT2D eigenvalue weighted by atomic mass is 10.00. The van der Waals surface area contributed by atoms with Crippen molar-refractivity contribution in [3.05, 3.63) is 76.9 Å². The van der Waals surface area contributed by atoms with Crippen molar-refractivity contribution >= 4 is 44.1 Å². The molecule has 0 aliphatic heterocycles. The van der Waals surface area contributed by atoms with Crippen LogP contribution in [-0.2, 0) is 16.7 Å². The summed E-state index contributed by atoms with van der Waals surface area (Å²) in [7, 11) is -2.33. The maximum Gasteiger partial charge on any atom is 0.310 e. The fourth-order valence-corrected chi connectivity index (χ4v) is 4.34. The van der Waals surface area contributed by atoms with Crippen molar-refractivity contribution in [3.8, 4) is 28.0 Å². The second kappa shape index (κ2) is 11.5. The molecule has 0 aliphatic rings. The van der Waals surface area contributed by atoms with E-state index in [4.69, 9.17) is 25.3 Å². The predicted molar refractivity (Wildman–Crippen MR) is 140 cm³/mol. The summed E-state index contributed by atoms with van der Waals surface area (Å²) in [5.41, 5.74) is 1.94. The number of rotatable bonds is 10. The Hall–Kier alpha value is -3.74. The molecule has 0 atom stereocenters. The van der Waals surface area contributed by atoms with Crippen LogP contribution in [0.5, 0.6) is 16.8 Å². The van der Waals surface area contributed by atoms with Crippen molar-refractivity contribution in [2.24, 2.45) is 0 Å². The molecule has 0 aliphatic carbocycles. The van der Waals surface area contributed by atoms with Crippen LogP contribution in [0.1, 0.15) is 22.8 Å². The highest BCUT2D eigenvalue weighted by Crippen LogP contribution is 2.35. The molecule has 0 unspecified atom stereocenters. The van der Waals surface area contributed by atoms with Crippen LogP contribution in [0.15, 0.2) is 60.8 Å². The fraction of sp³-hybridized carbons (Fsp3) is 0.167. The third kappa shape index (κ3) is 6.73. The number of benzene rings is 2. The van der Waals surface area contributed by atoms with Gasteiger partial charge in [-0.25, -0.2) is 4.98 Å². The highest BCUT2D eigenvalue weighted by molar-refractivity contribution is 7.87. The number of nitrogens with zero attached hydrogens (tertiary/aromatic N) is 3. The van der Waals surface area contributed by atoms with Crippen molar-refractivity contribution in [2.45, 2.75) is 13.5 Å². The van der Waals surface area contributed by atoms with Crippen LogP contribution in [0, 0.1) is 0 Å². The number of aromatic nitrogens is 3. The molecule has 0 bridgehead atoms. The molecule has 0 fully saturated rings. The zero-order valence-corrected chi connectivity index (χ0v) is 22.1. The van der Waals surface area contributed by atoms with Gasteiger partial charge in [0.2, 0.25) is 11.0 Å². The molecule has 37 heavy (non-hydrogen) atoms. The van der Waals surface area contributed by atoms with E-state index in [2.05, 4.69) is 20.5 Å². The average molecular weight is 561 g/mol. The maximum absolute atomic E-state index is 13.2. The van der Waals surface area contributed by atoms with Gasteiger partial charge in [-0.2, -0.15) is 8.42 Å². The van der Waals surface area contributed by atoms with E-state index in [1.807, 2.05) is 12.1 Å². The summed E-state index contributed by atoms with van der Waals surface area (Å²) in [6.07, 6.45) is 1.23. The Labute approximate surface area is 222 Å². The lowest BCUT2D eigenvalue weighted by Crippen LogP contribution is -2.16. The maximum atomic E-state index is 13.2. The molecule has 10 nitrogen and oxygen atoms in total. The van der Waals surface area contributed by atoms with Crippen molar-refractivity contribution in [1.29, 1.82) is 0 Å². The fourth-order valence-electron chi connectivity index (χ4n) is 3.15. The predicted octanol–water partition coefficient (Wildman–Crippen LogP) is 4.82. The average Bonchev–Trinajstić information content (AvgIpc) is 3.35. The van der Waals surface area contributed by atoms with Crippen molar-refractivity contribution in [1.82, 2.24) is 15.2 Å². The molecule has 4 rings (SSSR count). The number of carbonyl (C=O) groups excluding carboxylic acids is 1. The molecule has 2 heterocycles. The number of hydrogen-bond acceptors (Lipinski definition) is 10. The van der Waals surface area contributed by atoms with Gasteiger partial charge in [0, 0.05) is 28.4 Å². The normalized spacial score (nSPS) is 11.1. The molecule has 4 aromatic rings. The zero-order valence-electron chi connectivity index (χ0n) is 19.7. The minimum absolute atomic E-state index is 0.143. The molecule has 1 amide bonds. The summed E-state index contributed by atoms with van der Waals surface area (Å²) in [5.74, 6) is -0.479. The van der Waals surface area contributed by atoms with E-state index in [1.54, 1.807) is 36.4 Å². The summed E-state index contributed by atoms with van der Waals surface area (Å²) in [5, 5.41) is 11.7. The number of para-hydroxylation sites is 1. The molecular weight excluding hydrogens is 540 g/mol. The second-order valence-electron chi connectivity index (χ2n) is 7.44. The van der Waals surface area contributed by atoms with Gasteiger partial charge in [0.25, 0.3) is 11.1 Å². The summed E-state index contributed by atoms with van der Waals surface area (Å²) in [6.45, 7) is 1.71. The van der Waals surface area contributed by atoms with Gasteiger partial charge < -0.3 is 13.7 Å². The largest absolute Gasteiger partial charge is 0.496 e. The van der Waals surface area contributed by atoms with Gasteiger partial charge in [-0.15, -0.1) is 5.10 Å². The monoisotopic (exact) mass is 560 g/mol. The Balaban J connectivity index is 1.57. The minimum atomic E-state index is -3.83. The van der Waals surface area contributed by atoms with Gasteiger partial charge in [0.05, 0.1) is 18.4 Å². The first kappa shape index (κ1) is 26.3. The molecule has 192 valence electrons. The van der Waals surface area contributed by atoms with Gasteiger partial charge in [0.1, 0.15) is 12.4 Å². The van der Waals surface area contributed by atoms with Crippen molar-refractivity contribution < 1.29 is 26.9 Å². The molecule has 0 saturated carbocycles. The lowest BCUT2D eigenvalue weighted by Gasteiger charge is -2.14.